The topological polar surface area (TPSA) is 23.6 Å². The van der Waals surface area contributed by atoms with Gasteiger partial charge in [0.2, 0.25) is 5.91 Å². The number of carbonyl (C=O) groups excluding carboxylic acids is 1. The van der Waals surface area contributed by atoms with Crippen LogP contribution in [0.15, 0.2) is 36.4 Å². The van der Waals surface area contributed by atoms with Crippen LogP contribution in [-0.2, 0) is 4.79 Å². The number of amides is 1. The molecule has 2 aromatic carbocycles. The average molecular weight is 416 g/mol. The molecule has 4 rings (SSSR count). The number of halogens is 4. The Morgan fingerprint density at radius 2 is 1.56 bits per heavy atom. The Balaban J connectivity index is 1.83. The van der Waals surface area contributed by atoms with Gasteiger partial charge in [0.15, 0.2) is 0 Å². The maximum atomic E-state index is 13.1. The molecule has 7 heteroatoms. The third kappa shape index (κ3) is 2.92. The van der Waals surface area contributed by atoms with Crippen molar-refractivity contribution < 1.29 is 4.79 Å². The fourth-order valence-corrected chi connectivity index (χ4v) is 4.29. The van der Waals surface area contributed by atoms with Gasteiger partial charge in [-0.1, -0.05) is 52.5 Å². The summed E-state index contributed by atoms with van der Waals surface area (Å²) < 4.78 is 0. The molecule has 0 aromatic heterocycles. The van der Waals surface area contributed by atoms with Gasteiger partial charge >= 0.3 is 0 Å². The lowest BCUT2D eigenvalue weighted by molar-refractivity contribution is -0.119. The van der Waals surface area contributed by atoms with Gasteiger partial charge < -0.3 is 0 Å². The highest BCUT2D eigenvalue weighted by atomic mass is 35.5. The summed E-state index contributed by atoms with van der Waals surface area (Å²) in [6, 6.07) is 10.6. The van der Waals surface area contributed by atoms with Gasteiger partial charge in [-0.3, -0.25) is 14.6 Å². The van der Waals surface area contributed by atoms with E-state index in [-0.39, 0.29) is 18.1 Å². The molecule has 0 bridgehead atoms. The van der Waals surface area contributed by atoms with E-state index in [2.05, 4.69) is 4.90 Å². The monoisotopic (exact) mass is 414 g/mol. The molecule has 2 aliphatic heterocycles. The molecule has 0 N–H and O–H groups in total. The summed E-state index contributed by atoms with van der Waals surface area (Å²) in [5.41, 5.74) is 1.66. The zero-order valence-electron chi connectivity index (χ0n) is 13.1. The van der Waals surface area contributed by atoms with E-state index in [1.807, 2.05) is 18.2 Å². The van der Waals surface area contributed by atoms with Gasteiger partial charge in [0.05, 0.1) is 26.1 Å². The number of hydrogen-bond donors (Lipinski definition) is 0. The molecule has 0 radical (unpaired) electrons. The first-order chi connectivity index (χ1) is 12.0. The van der Waals surface area contributed by atoms with Gasteiger partial charge in [-0.05, 0) is 48.7 Å². The van der Waals surface area contributed by atoms with Crippen LogP contribution in [0.1, 0.15) is 24.6 Å². The van der Waals surface area contributed by atoms with E-state index in [9.17, 15) is 4.79 Å². The summed E-state index contributed by atoms with van der Waals surface area (Å²) in [6.07, 6.45) is 1.63. The predicted octanol–water partition coefficient (Wildman–Crippen LogP) is 5.81. The Labute approximate surface area is 166 Å². The van der Waals surface area contributed by atoms with Crippen molar-refractivity contribution in [1.29, 1.82) is 0 Å². The van der Waals surface area contributed by atoms with Crippen LogP contribution in [-0.4, -0.2) is 23.4 Å². The van der Waals surface area contributed by atoms with Gasteiger partial charge in [-0.25, -0.2) is 0 Å². The van der Waals surface area contributed by atoms with Crippen LogP contribution >= 0.6 is 46.4 Å². The smallest absolute Gasteiger partial charge is 0.246 e. The first kappa shape index (κ1) is 17.4. The molecular formula is C18H14Cl4N2O. The Morgan fingerprint density at radius 3 is 2.24 bits per heavy atom. The van der Waals surface area contributed by atoms with E-state index in [4.69, 9.17) is 46.4 Å². The fourth-order valence-electron chi connectivity index (χ4n) is 3.69. The minimum Gasteiger partial charge on any atom is -0.290 e. The lowest BCUT2D eigenvalue weighted by Gasteiger charge is -2.30. The van der Waals surface area contributed by atoms with E-state index >= 15 is 0 Å². The minimum atomic E-state index is -0.230. The largest absolute Gasteiger partial charge is 0.290 e. The van der Waals surface area contributed by atoms with Crippen molar-refractivity contribution >= 4 is 58.0 Å². The van der Waals surface area contributed by atoms with E-state index < -0.39 is 0 Å². The van der Waals surface area contributed by atoms with Crippen molar-refractivity contribution in [1.82, 2.24) is 4.90 Å². The van der Waals surface area contributed by atoms with Crippen LogP contribution in [0.3, 0.4) is 0 Å². The molecule has 2 atom stereocenters. The van der Waals surface area contributed by atoms with Crippen LogP contribution < -0.4 is 4.90 Å². The van der Waals surface area contributed by atoms with Crippen molar-refractivity contribution in [3.63, 3.8) is 0 Å². The fraction of sp³-hybridized carbons (Fsp3) is 0.278. The predicted molar refractivity (Wildman–Crippen MR) is 103 cm³/mol. The van der Waals surface area contributed by atoms with Crippen LogP contribution in [0.4, 0.5) is 5.69 Å². The molecule has 0 unspecified atom stereocenters. The van der Waals surface area contributed by atoms with Crippen molar-refractivity contribution in [2.24, 2.45) is 0 Å². The third-order valence-electron chi connectivity index (χ3n) is 4.80. The average Bonchev–Trinajstić information content (AvgIpc) is 3.15. The molecule has 25 heavy (non-hydrogen) atoms. The molecule has 2 aromatic rings. The molecule has 0 aliphatic carbocycles. The second-order valence-electron chi connectivity index (χ2n) is 6.25. The SMILES string of the molecule is O=C1[C@H]2CCCN2[C@H](c2ccc(Cl)c(Cl)c2)N1c1ccc(Cl)c(Cl)c1. The number of rotatable bonds is 2. The van der Waals surface area contributed by atoms with Crippen LogP contribution in [0.5, 0.6) is 0 Å². The van der Waals surface area contributed by atoms with Gasteiger partial charge in [0, 0.05) is 12.2 Å². The quantitative estimate of drug-likeness (QED) is 0.617. The number of carbonyl (C=O) groups is 1. The van der Waals surface area contributed by atoms with Gasteiger partial charge in [0.25, 0.3) is 0 Å². The standard InChI is InChI=1S/C18H14Cl4N2O/c19-12-5-3-10(8-14(12)21)17-23-7-1-2-16(23)18(25)24(17)11-4-6-13(20)15(22)9-11/h3-6,8-9,16-17H,1-2,7H2/t16-,17+/m1/s1. The summed E-state index contributed by atoms with van der Waals surface area (Å²) in [6.45, 7) is 0.860. The first-order valence-electron chi connectivity index (χ1n) is 7.96. The molecule has 2 heterocycles. The molecule has 0 saturated carbocycles. The highest BCUT2D eigenvalue weighted by Gasteiger charge is 2.49. The lowest BCUT2D eigenvalue weighted by Crippen LogP contribution is -2.32. The van der Waals surface area contributed by atoms with E-state index in [0.717, 1.165) is 30.6 Å². The highest BCUT2D eigenvalue weighted by Crippen LogP contribution is 2.44. The molecule has 0 spiro atoms. The third-order valence-corrected chi connectivity index (χ3v) is 6.28. The number of anilines is 1. The summed E-state index contributed by atoms with van der Waals surface area (Å²) >= 11 is 24.5. The van der Waals surface area contributed by atoms with E-state index in [1.54, 1.807) is 23.1 Å². The Kier molecular flexibility index (Phi) is 4.63. The zero-order chi connectivity index (χ0) is 17.7. The summed E-state index contributed by atoms with van der Waals surface area (Å²) in [5.74, 6) is 0.0759. The second kappa shape index (κ2) is 6.64. The van der Waals surface area contributed by atoms with Gasteiger partial charge in [0.1, 0.15) is 6.17 Å². The number of hydrogen-bond acceptors (Lipinski definition) is 2. The molecule has 1 amide bonds. The van der Waals surface area contributed by atoms with Crippen LogP contribution in [0.25, 0.3) is 0 Å². The van der Waals surface area contributed by atoms with Crippen LogP contribution in [0, 0.1) is 0 Å². The van der Waals surface area contributed by atoms with Crippen molar-refractivity contribution in [2.75, 3.05) is 11.4 Å². The molecule has 3 nitrogen and oxygen atoms in total. The van der Waals surface area contributed by atoms with Gasteiger partial charge in [-0.2, -0.15) is 0 Å². The Hall–Kier alpha value is -0.970. The van der Waals surface area contributed by atoms with Crippen molar-refractivity contribution in [3.05, 3.63) is 62.1 Å². The maximum Gasteiger partial charge on any atom is 0.246 e. The summed E-state index contributed by atoms with van der Waals surface area (Å²) in [4.78, 5) is 17.1. The molecular weight excluding hydrogens is 402 g/mol. The Morgan fingerprint density at radius 1 is 0.880 bits per heavy atom. The number of benzene rings is 2. The summed E-state index contributed by atoms with van der Waals surface area (Å²) in [7, 11) is 0. The first-order valence-corrected chi connectivity index (χ1v) is 9.47. The maximum absolute atomic E-state index is 13.1. The minimum absolute atomic E-state index is 0.0759. The van der Waals surface area contributed by atoms with Gasteiger partial charge in [-0.15, -0.1) is 0 Å². The normalized spacial score (nSPS) is 23.4. The molecule has 2 aliphatic rings. The summed E-state index contributed by atoms with van der Waals surface area (Å²) in [5, 5.41) is 1.85. The second-order valence-corrected chi connectivity index (χ2v) is 7.88. The van der Waals surface area contributed by atoms with Crippen molar-refractivity contribution in [2.45, 2.75) is 25.0 Å². The number of fused-ring (bicyclic) bond motifs is 1. The molecule has 2 fully saturated rings. The van der Waals surface area contributed by atoms with E-state index in [0.29, 0.717) is 20.1 Å². The number of nitrogens with zero attached hydrogens (tertiary/aromatic N) is 2. The molecule has 130 valence electrons. The highest BCUT2D eigenvalue weighted by molar-refractivity contribution is 6.42. The van der Waals surface area contributed by atoms with Crippen LogP contribution in [0.2, 0.25) is 20.1 Å². The Bertz CT molecular complexity index is 857. The lowest BCUT2D eigenvalue weighted by atomic mass is 10.1. The molecule has 2 saturated heterocycles. The van der Waals surface area contributed by atoms with E-state index in [1.165, 1.54) is 0 Å². The zero-order valence-corrected chi connectivity index (χ0v) is 16.1. The van der Waals surface area contributed by atoms with Crippen molar-refractivity contribution in [3.8, 4) is 0 Å².